The van der Waals surface area contributed by atoms with E-state index in [9.17, 15) is 34.2 Å². The number of likely N-dealkylation sites (N-methyl/N-ethyl adjacent to an activating group) is 1. The Morgan fingerprint density at radius 2 is 1.86 bits per heavy atom. The van der Waals surface area contributed by atoms with Crippen molar-refractivity contribution in [3.8, 4) is 16.9 Å². The van der Waals surface area contributed by atoms with Crippen molar-refractivity contribution in [1.29, 1.82) is 0 Å². The number of carbonyl (C=O) groups excluding carboxylic acids is 5. The number of nitrogens with two attached hydrogens (primary N) is 1. The Balaban J connectivity index is 1.60. The molecule has 0 heterocycles. The maximum Gasteiger partial charge on any atom is 0.235 e. The van der Waals surface area contributed by atoms with Crippen molar-refractivity contribution in [2.45, 2.75) is 30.9 Å². The number of ketones is 4. The molecule has 0 bridgehead atoms. The lowest BCUT2D eigenvalue weighted by atomic mass is 9.52. The second-order valence-corrected chi connectivity index (χ2v) is 11.8. The molecule has 0 saturated heterocycles. The summed E-state index contributed by atoms with van der Waals surface area (Å²) >= 11 is 0. The third-order valence-electron chi connectivity index (χ3n) is 8.99. The molecule has 1 amide bonds. The van der Waals surface area contributed by atoms with Crippen LogP contribution in [-0.4, -0.2) is 83.6 Å². The highest BCUT2D eigenvalue weighted by atomic mass is 16.5. The summed E-state index contributed by atoms with van der Waals surface area (Å²) in [5.41, 5.74) is 6.52. The first-order valence-electron chi connectivity index (χ1n) is 13.8. The number of fused-ring (bicyclic) bond motifs is 3. The van der Waals surface area contributed by atoms with Gasteiger partial charge < -0.3 is 20.7 Å². The molecule has 3 aliphatic rings. The second-order valence-electron chi connectivity index (χ2n) is 11.8. The normalized spacial score (nSPS) is 28.7. The van der Waals surface area contributed by atoms with E-state index in [0.717, 1.165) is 16.7 Å². The van der Waals surface area contributed by atoms with Gasteiger partial charge >= 0.3 is 0 Å². The van der Waals surface area contributed by atoms with Crippen LogP contribution in [0.5, 0.6) is 5.75 Å². The molecule has 2 saturated carbocycles. The van der Waals surface area contributed by atoms with E-state index in [-0.39, 0.29) is 24.2 Å². The first-order valence-corrected chi connectivity index (χ1v) is 13.8. The predicted octanol–water partition coefficient (Wildman–Crippen LogP) is 1.28. The molecule has 2 fully saturated rings. The maximum atomic E-state index is 14.0. The summed E-state index contributed by atoms with van der Waals surface area (Å²) in [6, 6.07) is 9.67. The monoisotopic (exact) mass is 574 g/mol. The summed E-state index contributed by atoms with van der Waals surface area (Å²) in [7, 11) is 4.71. The lowest BCUT2D eigenvalue weighted by molar-refractivity contribution is -0.181. The van der Waals surface area contributed by atoms with E-state index in [1.807, 2.05) is 24.3 Å². The van der Waals surface area contributed by atoms with Gasteiger partial charge in [-0.3, -0.25) is 28.9 Å². The van der Waals surface area contributed by atoms with Crippen LogP contribution >= 0.6 is 0 Å². The molecule has 10 nitrogen and oxygen atoms in total. The Labute approximate surface area is 243 Å². The van der Waals surface area contributed by atoms with Crippen LogP contribution in [0.1, 0.15) is 27.9 Å². The van der Waals surface area contributed by atoms with Gasteiger partial charge in [-0.1, -0.05) is 36.9 Å². The van der Waals surface area contributed by atoms with Gasteiger partial charge in [-0.25, -0.2) is 0 Å². The number of hydrogen-bond donors (Lipinski definition) is 3. The molecular weight excluding hydrogens is 540 g/mol. The number of primary amides is 1. The van der Waals surface area contributed by atoms with Crippen molar-refractivity contribution < 1.29 is 38.9 Å². The fraction of sp³-hybridized carbons (Fsp3) is 0.406. The predicted molar refractivity (Wildman–Crippen MR) is 152 cm³/mol. The van der Waals surface area contributed by atoms with Crippen LogP contribution in [0.4, 0.5) is 0 Å². The number of nitrogens with zero attached hydrogens (tertiary/aromatic N) is 1. The number of phenolic OH excluding ortho intramolecular Hbond substituents is 1. The number of benzene rings is 2. The summed E-state index contributed by atoms with van der Waals surface area (Å²) in [5, 5.41) is 22.5. The van der Waals surface area contributed by atoms with E-state index < -0.39 is 64.4 Å². The molecule has 0 aromatic heterocycles. The van der Waals surface area contributed by atoms with Crippen molar-refractivity contribution in [3.05, 3.63) is 65.2 Å². The number of Topliss-reactive ketones (excluding diaryl/α,β-unsaturated/α-hetero) is 4. The van der Waals surface area contributed by atoms with Crippen LogP contribution in [-0.2, 0) is 36.8 Å². The van der Waals surface area contributed by atoms with Crippen LogP contribution in [0, 0.1) is 23.7 Å². The van der Waals surface area contributed by atoms with Gasteiger partial charge in [0.2, 0.25) is 5.91 Å². The quantitative estimate of drug-likeness (QED) is 0.326. The van der Waals surface area contributed by atoms with Gasteiger partial charge in [-0.15, -0.1) is 0 Å². The van der Waals surface area contributed by atoms with Gasteiger partial charge in [0.15, 0.2) is 34.7 Å². The van der Waals surface area contributed by atoms with Crippen LogP contribution in [0.25, 0.3) is 11.1 Å². The molecule has 5 rings (SSSR count). The number of rotatable bonds is 7. The number of hydrogen-bond acceptors (Lipinski definition) is 9. The van der Waals surface area contributed by atoms with Gasteiger partial charge in [0.25, 0.3) is 0 Å². The van der Waals surface area contributed by atoms with Crippen molar-refractivity contribution in [2.24, 2.45) is 29.4 Å². The third kappa shape index (κ3) is 4.41. The topological polar surface area (TPSA) is 164 Å². The molecular formula is C32H34N2O8. The molecule has 10 heteroatoms. The molecule has 3 unspecified atom stereocenters. The van der Waals surface area contributed by atoms with Crippen molar-refractivity contribution >= 4 is 29.0 Å². The van der Waals surface area contributed by atoms with Gasteiger partial charge in [0.05, 0.1) is 24.1 Å². The molecule has 42 heavy (non-hydrogen) atoms. The lowest BCUT2D eigenvalue weighted by Crippen LogP contribution is -2.74. The number of methoxy groups -OCH3 is 1. The van der Waals surface area contributed by atoms with E-state index in [1.165, 1.54) is 11.0 Å². The van der Waals surface area contributed by atoms with E-state index in [2.05, 4.69) is 6.58 Å². The number of phenols is 1. The van der Waals surface area contributed by atoms with Crippen molar-refractivity contribution in [3.63, 3.8) is 0 Å². The molecule has 6 atom stereocenters. The minimum atomic E-state index is -2.75. The van der Waals surface area contributed by atoms with Crippen LogP contribution in [0.2, 0.25) is 0 Å². The first kappa shape index (κ1) is 29.5. The highest BCUT2D eigenvalue weighted by Crippen LogP contribution is 2.51. The van der Waals surface area contributed by atoms with E-state index in [0.29, 0.717) is 24.2 Å². The van der Waals surface area contributed by atoms with Crippen molar-refractivity contribution in [1.82, 2.24) is 4.90 Å². The minimum Gasteiger partial charge on any atom is -0.507 e. The fourth-order valence-electron chi connectivity index (χ4n) is 7.27. The largest absolute Gasteiger partial charge is 0.507 e. The highest BCUT2D eigenvalue weighted by Gasteiger charge is 2.69. The van der Waals surface area contributed by atoms with Crippen LogP contribution in [0.3, 0.4) is 0 Å². The first-order chi connectivity index (χ1) is 19.8. The van der Waals surface area contributed by atoms with Crippen molar-refractivity contribution in [2.75, 3.05) is 27.8 Å². The Morgan fingerprint density at radius 3 is 2.50 bits per heavy atom. The standard InChI is InChI=1S/C32H34N2O8/c1-15(14-42-4)10-16-6-5-7-17(11-16)19-8-9-22(35)24-20(19)12-18-13-21-26(34(2)3)28(37)25(31(33)40)30(39)32(21,41)29(38)23(18)27(24)36/h5-9,11,18,21,23,25-26,35,41H,1,10,12-14H2,2-4H3,(H2,33,40)/t18-,21-,23?,25?,26?,32-/m1/s1. The Hall–Kier alpha value is -3.99. The molecule has 4 N–H and O–H groups in total. The zero-order valence-electron chi connectivity index (χ0n) is 23.8. The highest BCUT2D eigenvalue weighted by molar-refractivity contribution is 6.32. The number of amides is 1. The number of carbonyl (C=O) groups is 5. The van der Waals surface area contributed by atoms with Gasteiger partial charge in [-0.2, -0.15) is 0 Å². The molecule has 2 aromatic carbocycles. The minimum absolute atomic E-state index is 0.00409. The summed E-state index contributed by atoms with van der Waals surface area (Å²) in [4.78, 5) is 68.2. The SMILES string of the molecule is C=C(COC)Cc1cccc(-c2ccc(O)c3c2C[C@@H]2C[C@@H]4C(N(C)C)C(=O)C(C(N)=O)C(=O)[C@]4(O)C(=O)C2C3=O)c1. The summed E-state index contributed by atoms with van der Waals surface area (Å²) in [5.74, 6) is -10.6. The van der Waals surface area contributed by atoms with Crippen LogP contribution in [0.15, 0.2) is 48.6 Å². The molecule has 0 spiro atoms. The maximum absolute atomic E-state index is 14.0. The smallest absolute Gasteiger partial charge is 0.235 e. The molecule has 220 valence electrons. The lowest BCUT2D eigenvalue weighted by Gasteiger charge is -2.52. The average Bonchev–Trinajstić information content (AvgIpc) is 2.90. The number of ether oxygens (including phenoxy) is 1. The Bertz CT molecular complexity index is 1540. The molecule has 2 aromatic rings. The number of aromatic hydroxyl groups is 1. The summed E-state index contributed by atoms with van der Waals surface area (Å²) in [6.07, 6.45) is 0.771. The fourth-order valence-corrected chi connectivity index (χ4v) is 7.27. The second kappa shape index (κ2) is 10.7. The zero-order chi connectivity index (χ0) is 30.7. The van der Waals surface area contributed by atoms with Gasteiger partial charge in [0.1, 0.15) is 5.75 Å². The molecule has 0 aliphatic heterocycles. The summed E-state index contributed by atoms with van der Waals surface area (Å²) in [6.45, 7) is 4.45. The molecule has 3 aliphatic carbocycles. The third-order valence-corrected chi connectivity index (χ3v) is 8.99. The molecule has 0 radical (unpaired) electrons. The average molecular weight is 575 g/mol. The van der Waals surface area contributed by atoms with Gasteiger partial charge in [0, 0.05) is 13.0 Å². The number of aliphatic hydroxyl groups is 1. The van der Waals surface area contributed by atoms with Gasteiger partial charge in [-0.05, 0) is 73.2 Å². The van der Waals surface area contributed by atoms with E-state index in [4.69, 9.17) is 10.5 Å². The zero-order valence-corrected chi connectivity index (χ0v) is 23.8. The Morgan fingerprint density at radius 1 is 1.14 bits per heavy atom. The van der Waals surface area contributed by atoms with E-state index in [1.54, 1.807) is 27.3 Å². The van der Waals surface area contributed by atoms with E-state index >= 15 is 0 Å². The van der Waals surface area contributed by atoms with Crippen LogP contribution < -0.4 is 5.73 Å². The Kier molecular flexibility index (Phi) is 7.51. The summed E-state index contributed by atoms with van der Waals surface area (Å²) < 4.78 is 5.17.